The fourth-order valence-electron chi connectivity index (χ4n) is 3.19. The van der Waals surface area contributed by atoms with Crippen LogP contribution in [0.5, 0.6) is 0 Å². The molecule has 0 aliphatic carbocycles. The Bertz CT molecular complexity index is 366. The van der Waals surface area contributed by atoms with Crippen molar-refractivity contribution in [1.82, 2.24) is 0 Å². The van der Waals surface area contributed by atoms with Crippen LogP contribution in [0.1, 0.15) is 84.0 Å². The van der Waals surface area contributed by atoms with Crippen molar-refractivity contribution in [3.05, 3.63) is 0 Å². The van der Waals surface area contributed by atoms with E-state index in [2.05, 4.69) is 6.92 Å². The van der Waals surface area contributed by atoms with Gasteiger partial charge in [0.05, 0.1) is 6.61 Å². The van der Waals surface area contributed by atoms with Crippen LogP contribution in [-0.4, -0.2) is 58.0 Å². The minimum absolute atomic E-state index is 0.00236. The average molecular weight is 391 g/mol. The Morgan fingerprint density at radius 1 is 0.885 bits per heavy atom. The summed E-state index contributed by atoms with van der Waals surface area (Å²) in [5, 5.41) is 29.4. The lowest BCUT2D eigenvalue weighted by atomic mass is 10.0. The Kier molecular flexibility index (Phi) is 13.5. The Labute approximate surface area is 164 Å². The summed E-state index contributed by atoms with van der Waals surface area (Å²) >= 11 is 5.21. The third-order valence-electron chi connectivity index (χ3n) is 5.00. The number of hydrogen-bond acceptors (Lipinski definition) is 6. The van der Waals surface area contributed by atoms with Gasteiger partial charge in [-0.15, -0.1) is 0 Å². The molecule has 0 aromatic carbocycles. The van der Waals surface area contributed by atoms with Crippen molar-refractivity contribution in [3.63, 3.8) is 0 Å². The standard InChI is InChI=1S/C20H38O5S/c1-2-3-4-5-6-7-8-9-10-11-12-13-18(26)25-15-17-20(23)19(22)16(21)14-24-17/h16-17,19-23H,2-15H2,1H3/t16-,17+,19+,20+/m0/s1. The molecule has 26 heavy (non-hydrogen) atoms. The van der Waals surface area contributed by atoms with E-state index >= 15 is 0 Å². The quantitative estimate of drug-likeness (QED) is 0.311. The minimum Gasteiger partial charge on any atom is -0.484 e. The van der Waals surface area contributed by atoms with E-state index in [4.69, 9.17) is 21.7 Å². The highest BCUT2D eigenvalue weighted by Crippen LogP contribution is 2.17. The highest BCUT2D eigenvalue weighted by molar-refractivity contribution is 7.80. The Morgan fingerprint density at radius 2 is 1.42 bits per heavy atom. The van der Waals surface area contributed by atoms with Gasteiger partial charge in [-0.2, -0.15) is 0 Å². The highest BCUT2D eigenvalue weighted by atomic mass is 32.1. The molecule has 3 N–H and O–H groups in total. The van der Waals surface area contributed by atoms with Crippen molar-refractivity contribution in [1.29, 1.82) is 0 Å². The Hall–Kier alpha value is -0.270. The predicted molar refractivity (Wildman–Crippen MR) is 107 cm³/mol. The van der Waals surface area contributed by atoms with Crippen molar-refractivity contribution < 1.29 is 24.8 Å². The molecule has 4 atom stereocenters. The normalized spacial score (nSPS) is 26.0. The van der Waals surface area contributed by atoms with Gasteiger partial charge in [-0.25, -0.2) is 0 Å². The lowest BCUT2D eigenvalue weighted by Crippen LogP contribution is -2.54. The van der Waals surface area contributed by atoms with Gasteiger partial charge in [-0.05, 0) is 18.6 Å². The molecule has 0 saturated carbocycles. The fraction of sp³-hybridized carbons (Fsp3) is 0.950. The van der Waals surface area contributed by atoms with Crippen molar-refractivity contribution in [2.75, 3.05) is 13.2 Å². The van der Waals surface area contributed by atoms with E-state index in [0.717, 1.165) is 19.3 Å². The summed E-state index contributed by atoms with van der Waals surface area (Å²) in [7, 11) is 0. The van der Waals surface area contributed by atoms with E-state index in [9.17, 15) is 15.3 Å². The Morgan fingerprint density at radius 3 is 2.00 bits per heavy atom. The largest absolute Gasteiger partial charge is 0.484 e. The van der Waals surface area contributed by atoms with E-state index < -0.39 is 24.4 Å². The zero-order valence-electron chi connectivity index (χ0n) is 16.3. The van der Waals surface area contributed by atoms with Crippen LogP contribution in [0.3, 0.4) is 0 Å². The summed E-state index contributed by atoms with van der Waals surface area (Å²) in [6.45, 7) is 2.36. The number of ether oxygens (including phenoxy) is 2. The highest BCUT2D eigenvalue weighted by Gasteiger charge is 2.37. The lowest BCUT2D eigenvalue weighted by Gasteiger charge is -2.34. The molecule has 0 unspecified atom stereocenters. The number of hydrogen-bond donors (Lipinski definition) is 3. The first-order valence-electron chi connectivity index (χ1n) is 10.4. The summed E-state index contributed by atoms with van der Waals surface area (Å²) < 4.78 is 10.8. The van der Waals surface area contributed by atoms with Gasteiger partial charge in [0.15, 0.2) is 5.05 Å². The zero-order chi connectivity index (χ0) is 19.2. The molecule has 0 aromatic heterocycles. The second kappa shape index (κ2) is 14.7. The van der Waals surface area contributed by atoms with Crippen LogP contribution in [0.15, 0.2) is 0 Å². The van der Waals surface area contributed by atoms with Gasteiger partial charge in [-0.1, -0.05) is 71.1 Å². The van der Waals surface area contributed by atoms with E-state index in [1.54, 1.807) is 0 Å². The topological polar surface area (TPSA) is 79.2 Å². The molecular weight excluding hydrogens is 352 g/mol. The van der Waals surface area contributed by atoms with E-state index in [1.165, 1.54) is 57.8 Å². The maximum Gasteiger partial charge on any atom is 0.159 e. The average Bonchev–Trinajstić information content (AvgIpc) is 2.63. The van der Waals surface area contributed by atoms with Gasteiger partial charge >= 0.3 is 0 Å². The van der Waals surface area contributed by atoms with Gasteiger partial charge in [0, 0.05) is 6.42 Å². The number of rotatable bonds is 14. The van der Waals surface area contributed by atoms with Gasteiger partial charge in [0.1, 0.15) is 31.0 Å². The van der Waals surface area contributed by atoms with Gasteiger partial charge < -0.3 is 24.8 Å². The van der Waals surface area contributed by atoms with E-state index in [-0.39, 0.29) is 13.2 Å². The van der Waals surface area contributed by atoms with E-state index in [1.807, 2.05) is 0 Å². The molecule has 1 rings (SSSR count). The van der Waals surface area contributed by atoms with Gasteiger partial charge in [0.2, 0.25) is 0 Å². The number of unbranched alkanes of at least 4 members (excludes halogenated alkanes) is 10. The summed E-state index contributed by atoms with van der Waals surface area (Å²) in [5.41, 5.74) is 0. The molecule has 6 heteroatoms. The molecule has 5 nitrogen and oxygen atoms in total. The van der Waals surface area contributed by atoms with Crippen LogP contribution >= 0.6 is 12.2 Å². The van der Waals surface area contributed by atoms with Crippen molar-refractivity contribution in [2.45, 2.75) is 108 Å². The number of aliphatic hydroxyl groups is 3. The molecule has 1 heterocycles. The maximum atomic E-state index is 9.84. The predicted octanol–water partition coefficient (Wildman–Crippen LogP) is 3.51. The number of aliphatic hydroxyl groups excluding tert-OH is 3. The SMILES string of the molecule is CCCCCCCCCCCCCC(=S)OC[C@H]1OC[C@H](O)[C@@H](O)[C@@H]1O. The molecular formula is C20H38O5S. The minimum atomic E-state index is -1.20. The molecule has 154 valence electrons. The molecule has 1 saturated heterocycles. The summed E-state index contributed by atoms with van der Waals surface area (Å²) in [4.78, 5) is 0. The van der Waals surface area contributed by atoms with Crippen molar-refractivity contribution >= 4 is 17.3 Å². The summed E-state index contributed by atoms with van der Waals surface area (Å²) in [6, 6.07) is 0. The first kappa shape index (κ1) is 23.8. The second-order valence-corrected chi connectivity index (χ2v) is 7.84. The molecule has 0 spiro atoms. The molecule has 1 aliphatic rings. The summed E-state index contributed by atoms with van der Waals surface area (Å²) in [6.07, 6.45) is 10.9. The van der Waals surface area contributed by atoms with Crippen LogP contribution in [0.4, 0.5) is 0 Å². The van der Waals surface area contributed by atoms with Crippen molar-refractivity contribution in [3.8, 4) is 0 Å². The summed E-state index contributed by atoms with van der Waals surface area (Å²) in [5.74, 6) is 0. The fourth-order valence-corrected chi connectivity index (χ4v) is 3.41. The van der Waals surface area contributed by atoms with Crippen LogP contribution in [-0.2, 0) is 9.47 Å². The van der Waals surface area contributed by atoms with Crippen LogP contribution in [0.25, 0.3) is 0 Å². The monoisotopic (exact) mass is 390 g/mol. The number of thiocarbonyl (C=S) groups is 1. The van der Waals surface area contributed by atoms with Gasteiger partial charge in [0.25, 0.3) is 0 Å². The lowest BCUT2D eigenvalue weighted by molar-refractivity contribution is -0.193. The van der Waals surface area contributed by atoms with Crippen molar-refractivity contribution in [2.24, 2.45) is 0 Å². The molecule has 0 aromatic rings. The van der Waals surface area contributed by atoms with E-state index in [0.29, 0.717) is 5.05 Å². The van der Waals surface area contributed by atoms with Crippen LogP contribution in [0, 0.1) is 0 Å². The van der Waals surface area contributed by atoms with Gasteiger partial charge in [-0.3, -0.25) is 0 Å². The molecule has 1 aliphatic heterocycles. The third-order valence-corrected chi connectivity index (χ3v) is 5.32. The smallest absolute Gasteiger partial charge is 0.159 e. The first-order chi connectivity index (χ1) is 12.6. The molecule has 0 amide bonds. The third kappa shape index (κ3) is 10.2. The molecule has 0 bridgehead atoms. The first-order valence-corrected chi connectivity index (χ1v) is 10.8. The maximum absolute atomic E-state index is 9.84. The van der Waals surface area contributed by atoms with Crippen LogP contribution in [0.2, 0.25) is 0 Å². The zero-order valence-corrected chi connectivity index (χ0v) is 17.1. The second-order valence-electron chi connectivity index (χ2n) is 7.39. The molecule has 0 radical (unpaired) electrons. The Balaban J connectivity index is 1.93. The van der Waals surface area contributed by atoms with Crippen LogP contribution < -0.4 is 0 Å². The molecule has 1 fully saturated rings.